The Morgan fingerprint density at radius 3 is 2.95 bits per heavy atom. The van der Waals surface area contributed by atoms with E-state index in [1.54, 1.807) is 0 Å². The summed E-state index contributed by atoms with van der Waals surface area (Å²) in [7, 11) is 0. The van der Waals surface area contributed by atoms with Crippen LogP contribution in [0.5, 0.6) is 0 Å². The number of nitrogens with one attached hydrogen (secondary N) is 1. The highest BCUT2D eigenvalue weighted by Crippen LogP contribution is 2.24. The fourth-order valence-corrected chi connectivity index (χ4v) is 2.35. The zero-order chi connectivity index (χ0) is 14.4. The molecule has 0 atom stereocenters. The average molecular weight is 268 g/mol. The van der Waals surface area contributed by atoms with E-state index < -0.39 is 0 Å². The van der Waals surface area contributed by atoms with Crippen molar-refractivity contribution >= 4 is 16.3 Å². The van der Waals surface area contributed by atoms with Gasteiger partial charge in [-0.2, -0.15) is 0 Å². The van der Waals surface area contributed by atoms with Gasteiger partial charge in [0.1, 0.15) is 0 Å². The van der Waals surface area contributed by atoms with Gasteiger partial charge in [-0.15, -0.1) is 0 Å². The van der Waals surface area contributed by atoms with Crippen molar-refractivity contribution in [3.63, 3.8) is 0 Å². The highest BCUT2D eigenvalue weighted by Gasteiger charge is 2.02. The molecule has 2 heteroatoms. The van der Waals surface area contributed by atoms with Gasteiger partial charge in [-0.3, -0.25) is 4.98 Å². The lowest BCUT2D eigenvalue weighted by atomic mass is 10.00. The molecule has 2 rings (SSSR count). The Kier molecular flexibility index (Phi) is 5.31. The van der Waals surface area contributed by atoms with Crippen LogP contribution in [0.25, 0.3) is 16.3 Å². The van der Waals surface area contributed by atoms with Crippen LogP contribution < -0.4 is 5.32 Å². The topological polar surface area (TPSA) is 24.9 Å². The smallest absolute Gasteiger partial charge is 0.0352 e. The lowest BCUT2D eigenvalue weighted by Crippen LogP contribution is -2.20. The van der Waals surface area contributed by atoms with E-state index in [1.165, 1.54) is 21.9 Å². The van der Waals surface area contributed by atoms with Crippen molar-refractivity contribution in [3.8, 4) is 0 Å². The fourth-order valence-electron chi connectivity index (χ4n) is 2.35. The van der Waals surface area contributed by atoms with E-state index in [0.717, 1.165) is 19.5 Å². The second-order valence-electron chi connectivity index (χ2n) is 5.68. The van der Waals surface area contributed by atoms with Crippen LogP contribution in [0.2, 0.25) is 0 Å². The van der Waals surface area contributed by atoms with Crippen LogP contribution in [0.15, 0.2) is 42.7 Å². The quantitative estimate of drug-likeness (QED) is 0.791. The maximum atomic E-state index is 4.25. The molecule has 0 saturated heterocycles. The summed E-state index contributed by atoms with van der Waals surface area (Å²) in [5, 5.41) is 5.96. The van der Waals surface area contributed by atoms with Crippen LogP contribution in [-0.4, -0.2) is 18.1 Å². The standard InChI is InChI=1S/C18H24N2/c1-14(2)12-19-10-5-6-15(3)17-8-4-7-16-9-11-20-13-18(16)17/h4,6-9,11,13-14,19H,5,10,12H2,1-3H3/b15-6-. The highest BCUT2D eigenvalue weighted by molar-refractivity contribution is 5.92. The van der Waals surface area contributed by atoms with Gasteiger partial charge in [-0.1, -0.05) is 38.1 Å². The van der Waals surface area contributed by atoms with Crippen LogP contribution in [0.1, 0.15) is 32.8 Å². The zero-order valence-electron chi connectivity index (χ0n) is 12.7. The molecule has 0 bridgehead atoms. The Balaban J connectivity index is 2.05. The van der Waals surface area contributed by atoms with Crippen molar-refractivity contribution in [2.45, 2.75) is 27.2 Å². The molecule has 0 aliphatic heterocycles. The maximum absolute atomic E-state index is 4.25. The van der Waals surface area contributed by atoms with Gasteiger partial charge in [-0.05, 0) is 54.9 Å². The monoisotopic (exact) mass is 268 g/mol. The third-order valence-electron chi connectivity index (χ3n) is 3.43. The minimum absolute atomic E-state index is 0.712. The van der Waals surface area contributed by atoms with Gasteiger partial charge in [0.25, 0.3) is 0 Å². The molecule has 2 nitrogen and oxygen atoms in total. The number of benzene rings is 1. The highest BCUT2D eigenvalue weighted by atomic mass is 14.8. The van der Waals surface area contributed by atoms with Gasteiger partial charge in [0, 0.05) is 17.8 Å². The van der Waals surface area contributed by atoms with Crippen LogP contribution in [-0.2, 0) is 0 Å². The van der Waals surface area contributed by atoms with Crippen molar-refractivity contribution in [2.24, 2.45) is 5.92 Å². The SMILES string of the molecule is C/C(=C/CCNCC(C)C)c1cccc2ccncc12. The van der Waals surface area contributed by atoms with E-state index in [4.69, 9.17) is 0 Å². The van der Waals surface area contributed by atoms with E-state index in [1.807, 2.05) is 12.4 Å². The Hall–Kier alpha value is -1.67. The van der Waals surface area contributed by atoms with Crippen molar-refractivity contribution in [3.05, 3.63) is 48.3 Å². The molecule has 0 radical (unpaired) electrons. The van der Waals surface area contributed by atoms with Crippen molar-refractivity contribution < 1.29 is 0 Å². The first-order valence-corrected chi connectivity index (χ1v) is 7.39. The molecule has 1 aromatic heterocycles. The summed E-state index contributed by atoms with van der Waals surface area (Å²) < 4.78 is 0. The van der Waals surface area contributed by atoms with Crippen molar-refractivity contribution in [1.29, 1.82) is 0 Å². The second-order valence-corrected chi connectivity index (χ2v) is 5.68. The molecule has 0 unspecified atom stereocenters. The van der Waals surface area contributed by atoms with E-state index in [9.17, 15) is 0 Å². The molecule has 0 amide bonds. The number of rotatable bonds is 6. The van der Waals surface area contributed by atoms with Gasteiger partial charge in [0.2, 0.25) is 0 Å². The third kappa shape index (κ3) is 3.91. The minimum Gasteiger partial charge on any atom is -0.316 e. The number of fused-ring (bicyclic) bond motifs is 1. The lowest BCUT2D eigenvalue weighted by molar-refractivity contribution is 0.557. The lowest BCUT2D eigenvalue weighted by Gasteiger charge is -2.08. The van der Waals surface area contributed by atoms with Gasteiger partial charge in [0.05, 0.1) is 0 Å². The van der Waals surface area contributed by atoms with Crippen LogP contribution in [0.4, 0.5) is 0 Å². The summed E-state index contributed by atoms with van der Waals surface area (Å²) in [6.07, 6.45) is 7.18. The van der Waals surface area contributed by atoms with Gasteiger partial charge < -0.3 is 5.32 Å². The van der Waals surface area contributed by atoms with Crippen molar-refractivity contribution in [1.82, 2.24) is 10.3 Å². The number of hydrogen-bond donors (Lipinski definition) is 1. The summed E-state index contributed by atoms with van der Waals surface area (Å²) >= 11 is 0. The summed E-state index contributed by atoms with van der Waals surface area (Å²) in [6, 6.07) is 8.50. The molecule has 0 aliphatic carbocycles. The first kappa shape index (κ1) is 14.7. The molecule has 0 saturated carbocycles. The molecular formula is C18H24N2. The Morgan fingerprint density at radius 1 is 1.30 bits per heavy atom. The number of pyridine rings is 1. The Bertz CT molecular complexity index is 579. The van der Waals surface area contributed by atoms with E-state index in [-0.39, 0.29) is 0 Å². The molecular weight excluding hydrogens is 244 g/mol. The molecule has 1 aromatic carbocycles. The number of allylic oxidation sites excluding steroid dienone is 1. The third-order valence-corrected chi connectivity index (χ3v) is 3.43. The van der Waals surface area contributed by atoms with Crippen LogP contribution in [0, 0.1) is 5.92 Å². The van der Waals surface area contributed by atoms with Crippen LogP contribution in [0.3, 0.4) is 0 Å². The number of hydrogen-bond acceptors (Lipinski definition) is 2. The normalized spacial score (nSPS) is 12.3. The summed E-state index contributed by atoms with van der Waals surface area (Å²) in [4.78, 5) is 4.25. The predicted octanol–water partition coefficient (Wildman–Crippen LogP) is 4.27. The second kappa shape index (κ2) is 7.20. The molecule has 20 heavy (non-hydrogen) atoms. The molecule has 1 heterocycles. The Morgan fingerprint density at radius 2 is 2.15 bits per heavy atom. The predicted molar refractivity (Wildman–Crippen MR) is 87.7 cm³/mol. The molecule has 0 aliphatic rings. The average Bonchev–Trinajstić information content (AvgIpc) is 2.45. The molecule has 106 valence electrons. The minimum atomic E-state index is 0.712. The summed E-state index contributed by atoms with van der Waals surface area (Å²) in [5.41, 5.74) is 2.62. The number of aromatic nitrogens is 1. The Labute approximate surface area is 121 Å². The van der Waals surface area contributed by atoms with E-state index >= 15 is 0 Å². The van der Waals surface area contributed by atoms with E-state index in [2.05, 4.69) is 61.4 Å². The molecule has 0 spiro atoms. The molecule has 2 aromatic rings. The van der Waals surface area contributed by atoms with Crippen molar-refractivity contribution in [2.75, 3.05) is 13.1 Å². The zero-order valence-corrected chi connectivity index (χ0v) is 12.7. The van der Waals surface area contributed by atoms with Gasteiger partial charge in [0.15, 0.2) is 0 Å². The van der Waals surface area contributed by atoms with Gasteiger partial charge in [-0.25, -0.2) is 0 Å². The summed E-state index contributed by atoms with van der Waals surface area (Å²) in [5.74, 6) is 0.712. The first-order chi connectivity index (χ1) is 9.68. The fraction of sp³-hybridized carbons (Fsp3) is 0.389. The largest absolute Gasteiger partial charge is 0.316 e. The summed E-state index contributed by atoms with van der Waals surface area (Å²) in [6.45, 7) is 8.78. The van der Waals surface area contributed by atoms with E-state index in [0.29, 0.717) is 5.92 Å². The first-order valence-electron chi connectivity index (χ1n) is 7.39. The number of nitrogens with zero attached hydrogens (tertiary/aromatic N) is 1. The maximum Gasteiger partial charge on any atom is 0.0352 e. The van der Waals surface area contributed by atoms with Gasteiger partial charge >= 0.3 is 0 Å². The van der Waals surface area contributed by atoms with Crippen LogP contribution >= 0.6 is 0 Å². The molecule has 0 fully saturated rings. The molecule has 1 N–H and O–H groups in total.